The first-order valence-corrected chi connectivity index (χ1v) is 11.4. The molecule has 3 aromatic carbocycles. The molecule has 0 radical (unpaired) electrons. The summed E-state index contributed by atoms with van der Waals surface area (Å²) in [6, 6.07) is 23.2. The molecule has 0 aliphatic heterocycles. The molecule has 0 spiro atoms. The molecule has 32 heavy (non-hydrogen) atoms. The Morgan fingerprint density at radius 3 is 2.56 bits per heavy atom. The topological polar surface area (TPSA) is 56.5 Å². The molecule has 5 nitrogen and oxygen atoms in total. The van der Waals surface area contributed by atoms with Gasteiger partial charge in [-0.2, -0.15) is 9.78 Å². The lowest BCUT2D eigenvalue weighted by atomic mass is 10.1. The second-order valence-corrected chi connectivity index (χ2v) is 8.56. The summed E-state index contributed by atoms with van der Waals surface area (Å²) in [4.78, 5) is 17.9. The van der Waals surface area contributed by atoms with Crippen molar-refractivity contribution in [2.45, 2.75) is 32.8 Å². The van der Waals surface area contributed by atoms with Crippen molar-refractivity contribution in [3.8, 4) is 5.75 Å². The fourth-order valence-corrected chi connectivity index (χ4v) is 3.66. The molecule has 0 unspecified atom stereocenters. The number of hydrogen-bond donors (Lipinski definition) is 0. The first-order valence-electron chi connectivity index (χ1n) is 10.6. The molecular weight excluding hydrogens is 466 g/mol. The zero-order valence-electron chi connectivity index (χ0n) is 18.0. The van der Waals surface area contributed by atoms with E-state index in [2.05, 4.69) is 34.9 Å². The minimum absolute atomic E-state index is 0.0988. The van der Waals surface area contributed by atoms with Gasteiger partial charge in [0.25, 0.3) is 5.56 Å². The SMILES string of the molecule is CC[C@@H](C)c1nc2ccc(Br)cc2c(=O)n1N=Cc1ccc(OCc2ccccc2)cc1. The number of benzene rings is 3. The van der Waals surface area contributed by atoms with E-state index in [0.29, 0.717) is 23.3 Å². The van der Waals surface area contributed by atoms with Gasteiger partial charge in [-0.25, -0.2) is 4.98 Å². The largest absolute Gasteiger partial charge is 0.489 e. The number of ether oxygens (including phenoxy) is 1. The van der Waals surface area contributed by atoms with Crippen molar-refractivity contribution >= 4 is 33.0 Å². The van der Waals surface area contributed by atoms with Gasteiger partial charge >= 0.3 is 0 Å². The molecule has 0 bridgehead atoms. The molecule has 162 valence electrons. The Morgan fingerprint density at radius 2 is 1.84 bits per heavy atom. The van der Waals surface area contributed by atoms with Gasteiger partial charge in [0.05, 0.1) is 17.1 Å². The van der Waals surface area contributed by atoms with Crippen LogP contribution >= 0.6 is 15.9 Å². The molecule has 1 aromatic heterocycles. The molecule has 1 heterocycles. The fourth-order valence-electron chi connectivity index (χ4n) is 3.29. The normalized spacial score (nSPS) is 12.3. The van der Waals surface area contributed by atoms with Crippen LogP contribution in [0.25, 0.3) is 10.9 Å². The van der Waals surface area contributed by atoms with Crippen molar-refractivity contribution in [3.63, 3.8) is 0 Å². The van der Waals surface area contributed by atoms with E-state index in [9.17, 15) is 4.79 Å². The van der Waals surface area contributed by atoms with Crippen LogP contribution in [-0.4, -0.2) is 15.9 Å². The van der Waals surface area contributed by atoms with E-state index in [1.807, 2.05) is 66.7 Å². The zero-order valence-corrected chi connectivity index (χ0v) is 19.6. The van der Waals surface area contributed by atoms with Gasteiger partial charge in [0.1, 0.15) is 18.2 Å². The highest BCUT2D eigenvalue weighted by molar-refractivity contribution is 9.10. The summed E-state index contributed by atoms with van der Waals surface area (Å²) >= 11 is 3.44. The number of rotatable bonds is 7. The minimum atomic E-state index is -0.175. The average molecular weight is 490 g/mol. The lowest BCUT2D eigenvalue weighted by molar-refractivity contribution is 0.306. The molecule has 4 aromatic rings. The molecular formula is C26H24BrN3O2. The van der Waals surface area contributed by atoms with Gasteiger partial charge in [0, 0.05) is 10.4 Å². The Hall–Kier alpha value is -3.25. The molecule has 0 aliphatic carbocycles. The van der Waals surface area contributed by atoms with Crippen LogP contribution in [0.5, 0.6) is 5.75 Å². The Bertz CT molecular complexity index is 1300. The van der Waals surface area contributed by atoms with E-state index in [4.69, 9.17) is 9.72 Å². The van der Waals surface area contributed by atoms with Crippen LogP contribution in [-0.2, 0) is 6.61 Å². The van der Waals surface area contributed by atoms with Gasteiger partial charge < -0.3 is 4.74 Å². The van der Waals surface area contributed by atoms with E-state index in [-0.39, 0.29) is 11.5 Å². The summed E-state index contributed by atoms with van der Waals surface area (Å²) < 4.78 is 8.09. The molecule has 0 saturated heterocycles. The Morgan fingerprint density at radius 1 is 1.09 bits per heavy atom. The minimum Gasteiger partial charge on any atom is -0.489 e. The summed E-state index contributed by atoms with van der Waals surface area (Å²) in [5.41, 5.74) is 2.49. The third-order valence-corrected chi connectivity index (χ3v) is 5.83. The number of nitrogens with zero attached hydrogens (tertiary/aromatic N) is 3. The second kappa shape index (κ2) is 9.92. The summed E-state index contributed by atoms with van der Waals surface area (Å²) in [6.07, 6.45) is 2.54. The van der Waals surface area contributed by atoms with Gasteiger partial charge in [-0.15, -0.1) is 0 Å². The van der Waals surface area contributed by atoms with Crippen LogP contribution in [0.15, 0.2) is 87.2 Å². The second-order valence-electron chi connectivity index (χ2n) is 7.65. The summed E-state index contributed by atoms with van der Waals surface area (Å²) in [7, 11) is 0. The lowest BCUT2D eigenvalue weighted by Gasteiger charge is -2.14. The highest BCUT2D eigenvalue weighted by Gasteiger charge is 2.15. The van der Waals surface area contributed by atoms with E-state index >= 15 is 0 Å². The van der Waals surface area contributed by atoms with Gasteiger partial charge in [-0.3, -0.25) is 4.79 Å². The van der Waals surface area contributed by atoms with Crippen molar-refractivity contribution < 1.29 is 4.74 Å². The van der Waals surface area contributed by atoms with E-state index in [0.717, 1.165) is 27.8 Å². The third-order valence-electron chi connectivity index (χ3n) is 5.34. The standard InChI is InChI=1S/C26H24BrN3O2/c1-3-18(2)25-29-24-14-11-21(27)15-23(24)26(31)30(25)28-16-19-9-12-22(13-10-19)32-17-20-7-5-4-6-8-20/h4-16,18H,3,17H2,1-2H3/t18-/m1/s1. The highest BCUT2D eigenvalue weighted by atomic mass is 79.9. The van der Waals surface area contributed by atoms with Crippen molar-refractivity contribution in [1.82, 2.24) is 9.66 Å². The first kappa shape index (κ1) is 22.0. The van der Waals surface area contributed by atoms with Crippen LogP contribution in [0, 0.1) is 0 Å². The maximum atomic E-state index is 13.2. The number of fused-ring (bicyclic) bond motifs is 1. The molecule has 0 N–H and O–H groups in total. The van der Waals surface area contributed by atoms with Crippen LogP contribution in [0.4, 0.5) is 0 Å². The van der Waals surface area contributed by atoms with Crippen molar-refractivity contribution in [1.29, 1.82) is 0 Å². The number of aromatic nitrogens is 2. The summed E-state index contributed by atoms with van der Waals surface area (Å²) in [6.45, 7) is 4.64. The van der Waals surface area contributed by atoms with E-state index < -0.39 is 0 Å². The summed E-state index contributed by atoms with van der Waals surface area (Å²) in [5.74, 6) is 1.54. The van der Waals surface area contributed by atoms with Gasteiger partial charge in [0.2, 0.25) is 0 Å². The quantitative estimate of drug-likeness (QED) is 0.293. The molecule has 4 rings (SSSR count). The van der Waals surface area contributed by atoms with Gasteiger partial charge in [-0.05, 0) is 60.0 Å². The molecule has 0 amide bonds. The van der Waals surface area contributed by atoms with Crippen molar-refractivity contribution in [3.05, 3.63) is 105 Å². The van der Waals surface area contributed by atoms with Crippen LogP contribution in [0.1, 0.15) is 43.1 Å². The lowest BCUT2D eigenvalue weighted by Crippen LogP contribution is -2.23. The predicted molar refractivity (Wildman–Crippen MR) is 133 cm³/mol. The molecule has 0 aliphatic rings. The highest BCUT2D eigenvalue weighted by Crippen LogP contribution is 2.21. The van der Waals surface area contributed by atoms with Gasteiger partial charge in [0.15, 0.2) is 0 Å². The maximum absolute atomic E-state index is 13.2. The third kappa shape index (κ3) is 4.97. The van der Waals surface area contributed by atoms with Crippen LogP contribution in [0.2, 0.25) is 0 Å². The predicted octanol–water partition coefficient (Wildman–Crippen LogP) is 6.13. The molecule has 0 fully saturated rings. The van der Waals surface area contributed by atoms with Crippen LogP contribution in [0.3, 0.4) is 0 Å². The van der Waals surface area contributed by atoms with Gasteiger partial charge in [-0.1, -0.05) is 60.1 Å². The Labute approximate surface area is 195 Å². The summed E-state index contributed by atoms with van der Waals surface area (Å²) in [5, 5.41) is 5.04. The average Bonchev–Trinajstić information content (AvgIpc) is 2.83. The Kier molecular flexibility index (Phi) is 6.81. The number of hydrogen-bond acceptors (Lipinski definition) is 4. The monoisotopic (exact) mass is 489 g/mol. The Balaban J connectivity index is 1.60. The van der Waals surface area contributed by atoms with Crippen LogP contribution < -0.4 is 10.3 Å². The first-order chi connectivity index (χ1) is 15.5. The zero-order chi connectivity index (χ0) is 22.5. The molecule has 6 heteroatoms. The van der Waals surface area contributed by atoms with E-state index in [1.54, 1.807) is 12.3 Å². The van der Waals surface area contributed by atoms with Crippen molar-refractivity contribution in [2.24, 2.45) is 5.10 Å². The maximum Gasteiger partial charge on any atom is 0.282 e. The molecule has 1 atom stereocenters. The molecule has 0 saturated carbocycles. The van der Waals surface area contributed by atoms with E-state index in [1.165, 1.54) is 4.68 Å². The smallest absolute Gasteiger partial charge is 0.282 e. The van der Waals surface area contributed by atoms with Crippen molar-refractivity contribution in [2.75, 3.05) is 0 Å². The fraction of sp³-hybridized carbons (Fsp3) is 0.192. The number of halogens is 1.